The van der Waals surface area contributed by atoms with Gasteiger partial charge in [0, 0.05) is 0 Å². The Morgan fingerprint density at radius 2 is 0.647 bits per heavy atom. The molecule has 4 aromatic carbocycles. The van der Waals surface area contributed by atoms with Crippen LogP contribution in [0.1, 0.15) is 19.3 Å². The number of hydrogen-bond donors (Lipinski definition) is 0. The van der Waals surface area contributed by atoms with Gasteiger partial charge in [-0.1, -0.05) is 128 Å². The van der Waals surface area contributed by atoms with Crippen LogP contribution in [0.2, 0.25) is 0 Å². The normalized spacial score (nSPS) is 10.8. The third-order valence-electron chi connectivity index (χ3n) is 5.53. The first-order valence-corrected chi connectivity index (χ1v) is 17.2. The maximum Gasteiger partial charge on any atom is -0.0195 e. The Balaban J connectivity index is 0.00000103. The molecule has 0 bridgehead atoms. The van der Waals surface area contributed by atoms with Crippen LogP contribution in [-0.2, 0) is 12.7 Å². The molecule has 4 rings (SSSR count). The topological polar surface area (TPSA) is 0 Å². The molecule has 0 aliphatic rings. The van der Waals surface area contributed by atoms with Crippen molar-refractivity contribution in [3.05, 3.63) is 121 Å². The molecular weight excluding hydrogens is 540 g/mol. The van der Waals surface area contributed by atoms with Gasteiger partial charge < -0.3 is 0 Å². The zero-order chi connectivity index (χ0) is 23.8. The van der Waals surface area contributed by atoms with E-state index >= 15 is 0 Å². The van der Waals surface area contributed by atoms with E-state index < -0.39 is 0 Å². The van der Waals surface area contributed by atoms with Gasteiger partial charge in [0.2, 0.25) is 0 Å². The van der Waals surface area contributed by atoms with Gasteiger partial charge >= 0.3 is 33.0 Å². The predicted octanol–water partition coefficient (Wildman–Crippen LogP) is 7.80. The Bertz CT molecular complexity index is 871. The number of hydrogen-bond acceptors (Lipinski definition) is 0. The van der Waals surface area contributed by atoms with E-state index in [0.717, 1.165) is 0 Å². The first-order chi connectivity index (χ1) is 16.8. The van der Waals surface area contributed by atoms with Crippen molar-refractivity contribution in [3.63, 3.8) is 0 Å². The third kappa shape index (κ3) is 9.12. The zero-order valence-electron chi connectivity index (χ0n) is 19.0. The summed E-state index contributed by atoms with van der Waals surface area (Å²) in [7, 11) is 8.87. The molecule has 0 radical (unpaired) electrons. The molecular formula is C29H30Cl2NiP2. The summed E-state index contributed by atoms with van der Waals surface area (Å²) >= 11 is 0.569. The Kier molecular flexibility index (Phi) is 13.3. The Morgan fingerprint density at radius 3 is 0.882 bits per heavy atom. The summed E-state index contributed by atoms with van der Waals surface area (Å²) in [5, 5.41) is 6.00. The Hall–Kier alpha value is -1.19. The van der Waals surface area contributed by atoms with Crippen molar-refractivity contribution in [2.24, 2.45) is 0 Å². The van der Waals surface area contributed by atoms with Crippen LogP contribution < -0.4 is 21.2 Å². The molecule has 4 aromatic rings. The van der Waals surface area contributed by atoms with Gasteiger partial charge in [0.25, 0.3) is 0 Å². The average molecular weight is 570 g/mol. The second kappa shape index (κ2) is 16.5. The first-order valence-electron chi connectivity index (χ1n) is 11.4. The summed E-state index contributed by atoms with van der Waals surface area (Å²) in [6, 6.07) is 44.4. The summed E-state index contributed by atoms with van der Waals surface area (Å²) in [5.74, 6) is 0. The van der Waals surface area contributed by atoms with Crippen LogP contribution in [0.25, 0.3) is 0 Å². The van der Waals surface area contributed by atoms with E-state index in [0.29, 0.717) is 12.7 Å². The van der Waals surface area contributed by atoms with Crippen LogP contribution in [0.4, 0.5) is 0 Å². The van der Waals surface area contributed by atoms with E-state index in [9.17, 15) is 0 Å². The number of halogens is 2. The van der Waals surface area contributed by atoms with Gasteiger partial charge in [-0.2, -0.15) is 0 Å². The van der Waals surface area contributed by atoms with Crippen molar-refractivity contribution in [1.29, 1.82) is 0 Å². The molecule has 0 aliphatic heterocycles. The smallest absolute Gasteiger partial charge is 0.0195 e. The van der Waals surface area contributed by atoms with Crippen LogP contribution in [-0.4, -0.2) is 12.3 Å². The van der Waals surface area contributed by atoms with Gasteiger partial charge in [0.05, 0.1) is 0 Å². The molecule has 0 N–H and O–H groups in total. The van der Waals surface area contributed by atoms with Crippen molar-refractivity contribution in [3.8, 4) is 0 Å². The minimum absolute atomic E-state index is 0.265. The second-order valence-electron chi connectivity index (χ2n) is 7.75. The molecule has 0 unspecified atom stereocenters. The molecule has 5 heteroatoms. The molecule has 0 saturated carbocycles. The largest absolute Gasteiger partial charge is 0.0622 e. The van der Waals surface area contributed by atoms with E-state index in [-0.39, 0.29) is 15.8 Å². The molecule has 0 saturated heterocycles. The van der Waals surface area contributed by atoms with Gasteiger partial charge in [0.15, 0.2) is 0 Å². The number of unbranched alkanes of at least 4 members (excludes halogenated alkanes) is 2. The molecule has 0 atom stereocenters. The van der Waals surface area contributed by atoms with Crippen molar-refractivity contribution in [2.45, 2.75) is 19.3 Å². The minimum Gasteiger partial charge on any atom is -0.0622 e. The maximum atomic E-state index is 4.70. The molecule has 0 spiro atoms. The van der Waals surface area contributed by atoms with E-state index in [2.05, 4.69) is 121 Å². The molecule has 180 valence electrons. The summed E-state index contributed by atoms with van der Waals surface area (Å²) < 4.78 is 0. The predicted molar refractivity (Wildman–Crippen MR) is 153 cm³/mol. The van der Waals surface area contributed by atoms with Crippen molar-refractivity contribution in [2.75, 3.05) is 12.3 Å². The van der Waals surface area contributed by atoms with Gasteiger partial charge in [-0.25, -0.2) is 0 Å². The van der Waals surface area contributed by atoms with Crippen LogP contribution in [0, 0.1) is 0 Å². The fourth-order valence-corrected chi connectivity index (χ4v) is 8.80. The summed E-state index contributed by atoms with van der Waals surface area (Å²) in [4.78, 5) is 0. The summed E-state index contributed by atoms with van der Waals surface area (Å²) in [6.45, 7) is 0. The fraction of sp³-hybridized carbons (Fsp3) is 0.172. The quantitative estimate of drug-likeness (QED) is 0.104. The Morgan fingerprint density at radius 1 is 0.412 bits per heavy atom. The average Bonchev–Trinajstić information content (AvgIpc) is 2.91. The molecule has 0 aromatic heterocycles. The fourth-order valence-electron chi connectivity index (χ4n) is 3.96. The second-order valence-corrected chi connectivity index (χ2v) is 14.1. The van der Waals surface area contributed by atoms with E-state index in [1.54, 1.807) is 0 Å². The number of rotatable bonds is 10. The van der Waals surface area contributed by atoms with Crippen LogP contribution >= 0.6 is 36.2 Å². The molecule has 0 amide bonds. The SMILES string of the molecule is [Cl][Ni][Cl].c1ccc(P(CCCCCP(c2ccccc2)c2ccccc2)c2ccccc2)cc1. The van der Waals surface area contributed by atoms with Crippen LogP contribution in [0.5, 0.6) is 0 Å². The van der Waals surface area contributed by atoms with Gasteiger partial charge in [0.1, 0.15) is 0 Å². The van der Waals surface area contributed by atoms with Gasteiger partial charge in [-0.3, -0.25) is 0 Å². The Labute approximate surface area is 222 Å². The van der Waals surface area contributed by atoms with E-state index in [1.807, 2.05) is 0 Å². The van der Waals surface area contributed by atoms with Gasteiger partial charge in [-0.15, -0.1) is 0 Å². The first kappa shape index (κ1) is 27.4. The van der Waals surface area contributed by atoms with Crippen LogP contribution in [0.15, 0.2) is 121 Å². The molecule has 0 nitrogen and oxygen atoms in total. The van der Waals surface area contributed by atoms with Gasteiger partial charge in [-0.05, 0) is 62.2 Å². The van der Waals surface area contributed by atoms with Crippen molar-refractivity contribution >= 4 is 57.4 Å². The zero-order valence-corrected chi connectivity index (χ0v) is 23.3. The standard InChI is InChI=1S/C29H30P2.2ClH.Ni/c1-6-16-26(17-7-1)30(27-18-8-2-9-19-27)24-14-5-15-25-31(28-20-10-3-11-21-28)29-22-12-4-13-23-29;;;/h1-4,6-13,16-23H,5,14-15,24-25H2;2*1H;/q;;;+2/p-2. The number of benzene rings is 4. The van der Waals surface area contributed by atoms with E-state index in [1.165, 1.54) is 52.8 Å². The third-order valence-corrected chi connectivity index (χ3v) is 10.7. The molecule has 0 aliphatic carbocycles. The summed E-state index contributed by atoms with van der Waals surface area (Å²) in [6.07, 6.45) is 6.44. The monoisotopic (exact) mass is 568 g/mol. The van der Waals surface area contributed by atoms with Crippen molar-refractivity contribution in [1.82, 2.24) is 0 Å². The molecule has 34 heavy (non-hydrogen) atoms. The van der Waals surface area contributed by atoms with Crippen molar-refractivity contribution < 1.29 is 12.7 Å². The summed E-state index contributed by atoms with van der Waals surface area (Å²) in [5.41, 5.74) is 0. The van der Waals surface area contributed by atoms with Crippen LogP contribution in [0.3, 0.4) is 0 Å². The molecule has 0 heterocycles. The minimum atomic E-state index is -0.265. The maximum absolute atomic E-state index is 4.70. The van der Waals surface area contributed by atoms with E-state index in [4.69, 9.17) is 20.4 Å². The molecule has 0 fully saturated rings.